The molecule has 2 rings (SSSR count). The molecule has 2 aromatic rings. The maximum absolute atomic E-state index is 12.1. The molecule has 0 unspecified atom stereocenters. The highest BCUT2D eigenvalue weighted by Crippen LogP contribution is 2.29. The van der Waals surface area contributed by atoms with Crippen LogP contribution in [-0.4, -0.2) is 29.7 Å². The molecule has 0 spiro atoms. The van der Waals surface area contributed by atoms with Gasteiger partial charge >= 0.3 is 0 Å². The van der Waals surface area contributed by atoms with Crippen molar-refractivity contribution in [2.75, 3.05) is 14.2 Å². The van der Waals surface area contributed by atoms with Gasteiger partial charge in [0.05, 0.1) is 26.6 Å². The highest BCUT2D eigenvalue weighted by atomic mass is 16.5. The second-order valence-electron chi connectivity index (χ2n) is 4.95. The fourth-order valence-electron chi connectivity index (χ4n) is 2.22. The highest BCUT2D eigenvalue weighted by molar-refractivity contribution is 5.76. The van der Waals surface area contributed by atoms with E-state index in [1.165, 1.54) is 0 Å². The number of hydrogen-bond donors (Lipinski definition) is 1. The van der Waals surface area contributed by atoms with Gasteiger partial charge in [-0.05, 0) is 25.1 Å². The summed E-state index contributed by atoms with van der Waals surface area (Å²) in [7, 11) is 3.22. The zero-order chi connectivity index (χ0) is 15.9. The Morgan fingerprint density at radius 3 is 2.82 bits per heavy atom. The van der Waals surface area contributed by atoms with E-state index in [0.29, 0.717) is 13.0 Å². The third-order valence-electron chi connectivity index (χ3n) is 3.44. The second kappa shape index (κ2) is 7.49. The lowest BCUT2D eigenvalue weighted by atomic mass is 10.1. The van der Waals surface area contributed by atoms with Gasteiger partial charge in [0.1, 0.15) is 11.5 Å². The molecule has 1 atom stereocenters. The number of ether oxygens (including phenoxy) is 2. The zero-order valence-corrected chi connectivity index (χ0v) is 13.1. The molecule has 6 heteroatoms. The predicted molar refractivity (Wildman–Crippen MR) is 82.9 cm³/mol. The van der Waals surface area contributed by atoms with Gasteiger partial charge in [0.25, 0.3) is 0 Å². The maximum atomic E-state index is 12.1. The van der Waals surface area contributed by atoms with Crippen molar-refractivity contribution in [3.05, 3.63) is 42.5 Å². The number of carbonyl (C=O) groups excluding carboxylic acids is 1. The van der Waals surface area contributed by atoms with Crippen LogP contribution >= 0.6 is 0 Å². The smallest absolute Gasteiger partial charge is 0.222 e. The minimum atomic E-state index is -0.166. The van der Waals surface area contributed by atoms with Crippen LogP contribution in [0, 0.1) is 0 Å². The van der Waals surface area contributed by atoms with Gasteiger partial charge < -0.3 is 19.4 Å². The summed E-state index contributed by atoms with van der Waals surface area (Å²) < 4.78 is 12.4. The Labute approximate surface area is 130 Å². The minimum absolute atomic E-state index is 0.0222. The number of carbonyl (C=O) groups is 1. The van der Waals surface area contributed by atoms with Crippen LogP contribution in [0.2, 0.25) is 0 Å². The summed E-state index contributed by atoms with van der Waals surface area (Å²) in [5.41, 5.74) is 0.887. The van der Waals surface area contributed by atoms with Crippen LogP contribution in [-0.2, 0) is 11.3 Å². The molecule has 0 aliphatic heterocycles. The summed E-state index contributed by atoms with van der Waals surface area (Å²) in [6.07, 6.45) is 5.62. The van der Waals surface area contributed by atoms with E-state index in [1.807, 2.05) is 35.9 Å². The zero-order valence-electron chi connectivity index (χ0n) is 13.1. The van der Waals surface area contributed by atoms with Gasteiger partial charge in [-0.15, -0.1) is 0 Å². The summed E-state index contributed by atoms with van der Waals surface area (Å²) in [5.74, 6) is 1.43. The number of hydrogen-bond acceptors (Lipinski definition) is 4. The summed E-state index contributed by atoms with van der Waals surface area (Å²) in [4.78, 5) is 16.0. The van der Waals surface area contributed by atoms with Crippen molar-refractivity contribution in [2.45, 2.75) is 25.9 Å². The fourth-order valence-corrected chi connectivity index (χ4v) is 2.22. The number of rotatable bonds is 7. The lowest BCUT2D eigenvalue weighted by molar-refractivity contribution is -0.121. The second-order valence-corrected chi connectivity index (χ2v) is 4.95. The van der Waals surface area contributed by atoms with Gasteiger partial charge in [-0.3, -0.25) is 4.79 Å². The van der Waals surface area contributed by atoms with Crippen LogP contribution < -0.4 is 14.8 Å². The van der Waals surface area contributed by atoms with Crippen LogP contribution in [0.15, 0.2) is 36.9 Å². The molecule has 1 amide bonds. The average Bonchev–Trinajstić information content (AvgIpc) is 3.05. The molecule has 6 nitrogen and oxygen atoms in total. The first-order valence-corrected chi connectivity index (χ1v) is 7.11. The Hall–Kier alpha value is -2.50. The van der Waals surface area contributed by atoms with E-state index in [9.17, 15) is 4.79 Å². The van der Waals surface area contributed by atoms with Crippen molar-refractivity contribution in [3.8, 4) is 11.5 Å². The third kappa shape index (κ3) is 4.00. The molecule has 1 N–H and O–H groups in total. The van der Waals surface area contributed by atoms with Crippen molar-refractivity contribution >= 4 is 5.91 Å². The molecular formula is C16H21N3O3. The largest absolute Gasteiger partial charge is 0.497 e. The molecule has 22 heavy (non-hydrogen) atoms. The quantitative estimate of drug-likeness (QED) is 0.851. The summed E-state index contributed by atoms with van der Waals surface area (Å²) in [5, 5.41) is 2.98. The van der Waals surface area contributed by atoms with E-state index in [4.69, 9.17) is 9.47 Å². The van der Waals surface area contributed by atoms with Crippen molar-refractivity contribution in [1.82, 2.24) is 14.9 Å². The molecule has 0 saturated heterocycles. The molecule has 1 aromatic carbocycles. The number of nitrogens with one attached hydrogen (secondary N) is 1. The lowest BCUT2D eigenvalue weighted by Gasteiger charge is -2.18. The van der Waals surface area contributed by atoms with E-state index in [2.05, 4.69) is 10.3 Å². The molecule has 118 valence electrons. The van der Waals surface area contributed by atoms with Gasteiger partial charge in [-0.1, -0.05) is 0 Å². The average molecular weight is 303 g/mol. The molecular weight excluding hydrogens is 282 g/mol. The first kappa shape index (κ1) is 15.9. The summed E-state index contributed by atoms with van der Waals surface area (Å²) in [6, 6.07) is 5.37. The van der Waals surface area contributed by atoms with Crippen LogP contribution in [0.4, 0.5) is 0 Å². The highest BCUT2D eigenvalue weighted by Gasteiger charge is 2.15. The number of imidazole rings is 1. The summed E-state index contributed by atoms with van der Waals surface area (Å²) >= 11 is 0. The monoisotopic (exact) mass is 303 g/mol. The SMILES string of the molecule is COc1ccc(OC)c([C@@H](C)NC(=O)CCn2ccnc2)c1. The molecule has 1 aromatic heterocycles. The molecule has 0 aliphatic rings. The standard InChI is InChI=1S/C16H21N3O3/c1-12(14-10-13(21-2)4-5-15(14)22-3)18-16(20)6-8-19-9-7-17-11-19/h4-5,7,9-12H,6,8H2,1-3H3,(H,18,20)/t12-/m1/s1. The molecule has 1 heterocycles. The van der Waals surface area contributed by atoms with Gasteiger partial charge in [-0.2, -0.15) is 0 Å². The fraction of sp³-hybridized carbons (Fsp3) is 0.375. The van der Waals surface area contributed by atoms with Crippen molar-refractivity contribution < 1.29 is 14.3 Å². The predicted octanol–water partition coefficient (Wildman–Crippen LogP) is 2.17. The van der Waals surface area contributed by atoms with E-state index < -0.39 is 0 Å². The van der Waals surface area contributed by atoms with Crippen LogP contribution in [0.1, 0.15) is 24.9 Å². The van der Waals surface area contributed by atoms with Gasteiger partial charge in [0, 0.05) is 30.9 Å². The Bertz CT molecular complexity index is 611. The van der Waals surface area contributed by atoms with E-state index in [-0.39, 0.29) is 11.9 Å². The molecule has 0 fully saturated rings. The molecule has 0 bridgehead atoms. The number of methoxy groups -OCH3 is 2. The molecule has 0 aliphatic carbocycles. The van der Waals surface area contributed by atoms with Crippen molar-refractivity contribution in [3.63, 3.8) is 0 Å². The number of benzene rings is 1. The number of aromatic nitrogens is 2. The first-order valence-electron chi connectivity index (χ1n) is 7.11. The molecule has 0 saturated carbocycles. The number of amides is 1. The Balaban J connectivity index is 1.98. The maximum Gasteiger partial charge on any atom is 0.222 e. The Morgan fingerprint density at radius 1 is 1.36 bits per heavy atom. The van der Waals surface area contributed by atoms with Crippen LogP contribution in [0.25, 0.3) is 0 Å². The van der Waals surface area contributed by atoms with Crippen molar-refractivity contribution in [1.29, 1.82) is 0 Å². The van der Waals surface area contributed by atoms with E-state index >= 15 is 0 Å². The minimum Gasteiger partial charge on any atom is -0.497 e. The van der Waals surface area contributed by atoms with E-state index in [1.54, 1.807) is 26.7 Å². The van der Waals surface area contributed by atoms with Crippen LogP contribution in [0.3, 0.4) is 0 Å². The number of aryl methyl sites for hydroxylation is 1. The van der Waals surface area contributed by atoms with Gasteiger partial charge in [0.15, 0.2) is 0 Å². The number of nitrogens with zero attached hydrogens (tertiary/aromatic N) is 2. The van der Waals surface area contributed by atoms with Gasteiger partial charge in [0.2, 0.25) is 5.91 Å². The normalized spacial score (nSPS) is 11.8. The van der Waals surface area contributed by atoms with Gasteiger partial charge in [-0.25, -0.2) is 4.98 Å². The topological polar surface area (TPSA) is 65.4 Å². The summed E-state index contributed by atoms with van der Waals surface area (Å²) in [6.45, 7) is 2.53. The van der Waals surface area contributed by atoms with Crippen LogP contribution in [0.5, 0.6) is 11.5 Å². The Kier molecular flexibility index (Phi) is 5.41. The lowest BCUT2D eigenvalue weighted by Crippen LogP contribution is -2.27. The molecule has 0 radical (unpaired) electrons. The Morgan fingerprint density at radius 2 is 2.18 bits per heavy atom. The van der Waals surface area contributed by atoms with Crippen molar-refractivity contribution in [2.24, 2.45) is 0 Å². The third-order valence-corrected chi connectivity index (χ3v) is 3.44. The first-order chi connectivity index (χ1) is 10.6. The van der Waals surface area contributed by atoms with E-state index in [0.717, 1.165) is 17.1 Å².